The van der Waals surface area contributed by atoms with E-state index in [1.165, 1.54) is 17.7 Å². The van der Waals surface area contributed by atoms with Gasteiger partial charge in [0.25, 0.3) is 11.5 Å². The van der Waals surface area contributed by atoms with Gasteiger partial charge in [-0.25, -0.2) is 0 Å². The molecular weight excluding hydrogens is 545 g/mol. The van der Waals surface area contributed by atoms with Crippen molar-refractivity contribution < 1.29 is 23.7 Å². The Hall–Kier alpha value is -2.46. The van der Waals surface area contributed by atoms with Gasteiger partial charge in [-0.05, 0) is 50.7 Å². The summed E-state index contributed by atoms with van der Waals surface area (Å²) in [7, 11) is 4.93. The number of likely N-dealkylation sites (tertiary alicyclic amines) is 1. The second-order valence-corrected chi connectivity index (χ2v) is 11.4. The molecule has 0 radical (unpaired) electrons. The van der Waals surface area contributed by atoms with Crippen LogP contribution in [-0.2, 0) is 18.3 Å². The van der Waals surface area contributed by atoms with Crippen LogP contribution in [0.3, 0.4) is 0 Å². The number of pyridine rings is 1. The molecule has 9 nitrogen and oxygen atoms in total. The summed E-state index contributed by atoms with van der Waals surface area (Å²) in [6, 6.07) is 3.81. The smallest absolute Gasteiger partial charge is 0.259 e. The van der Waals surface area contributed by atoms with E-state index < -0.39 is 5.91 Å². The molecule has 39 heavy (non-hydrogen) atoms. The number of aromatic nitrogens is 1. The molecule has 5 rings (SSSR count). The molecule has 0 bridgehead atoms. The SMILES string of the molecule is COc1cc(C)n(C)c(=O)c1CNC(=O)c1cc(Cl)c2c(c1Cl)O[C@@H](C1CCC(N3CC(OC)C3)CC1)CO2. The molecule has 212 valence electrons. The number of hydrogen-bond donors (Lipinski definition) is 1. The van der Waals surface area contributed by atoms with Crippen molar-refractivity contribution in [1.29, 1.82) is 0 Å². The van der Waals surface area contributed by atoms with Crippen LogP contribution in [-0.4, -0.2) is 67.5 Å². The molecule has 1 saturated heterocycles. The van der Waals surface area contributed by atoms with Gasteiger partial charge in [-0.1, -0.05) is 23.2 Å². The van der Waals surface area contributed by atoms with Gasteiger partial charge < -0.3 is 28.8 Å². The first-order chi connectivity index (χ1) is 18.7. The molecule has 1 N–H and O–H groups in total. The number of fused-ring (bicyclic) bond motifs is 1. The summed E-state index contributed by atoms with van der Waals surface area (Å²) in [5, 5.41) is 3.16. The van der Waals surface area contributed by atoms with Gasteiger partial charge in [-0.15, -0.1) is 0 Å². The molecule has 2 fully saturated rings. The van der Waals surface area contributed by atoms with Crippen LogP contribution in [0.4, 0.5) is 0 Å². The highest BCUT2D eigenvalue weighted by Crippen LogP contribution is 2.47. The quantitative estimate of drug-likeness (QED) is 0.530. The summed E-state index contributed by atoms with van der Waals surface area (Å²) in [5.74, 6) is 0.897. The minimum Gasteiger partial charge on any atom is -0.496 e. The number of carbonyl (C=O) groups is 1. The van der Waals surface area contributed by atoms with Crippen LogP contribution in [0.25, 0.3) is 0 Å². The lowest BCUT2D eigenvalue weighted by molar-refractivity contribution is -0.0649. The molecular formula is C28H35Cl2N3O6. The first-order valence-electron chi connectivity index (χ1n) is 13.3. The van der Waals surface area contributed by atoms with Crippen molar-refractivity contribution in [3.05, 3.63) is 49.4 Å². The number of benzene rings is 1. The highest BCUT2D eigenvalue weighted by Gasteiger charge is 2.39. The van der Waals surface area contributed by atoms with Crippen LogP contribution in [0.2, 0.25) is 10.0 Å². The fourth-order valence-electron chi connectivity index (χ4n) is 5.78. The fourth-order valence-corrected chi connectivity index (χ4v) is 6.30. The average Bonchev–Trinajstić information content (AvgIpc) is 2.92. The van der Waals surface area contributed by atoms with Crippen LogP contribution in [0, 0.1) is 12.8 Å². The largest absolute Gasteiger partial charge is 0.496 e. The molecule has 3 heterocycles. The molecule has 1 aliphatic carbocycles. The zero-order chi connectivity index (χ0) is 27.8. The van der Waals surface area contributed by atoms with E-state index in [0.717, 1.165) is 44.5 Å². The van der Waals surface area contributed by atoms with E-state index in [9.17, 15) is 9.59 Å². The highest BCUT2D eigenvalue weighted by atomic mass is 35.5. The van der Waals surface area contributed by atoms with E-state index in [4.69, 9.17) is 42.1 Å². The number of halogens is 2. The van der Waals surface area contributed by atoms with E-state index in [1.54, 1.807) is 20.2 Å². The molecule has 2 aromatic rings. The average molecular weight is 581 g/mol. The predicted molar refractivity (Wildman–Crippen MR) is 149 cm³/mol. The van der Waals surface area contributed by atoms with Crippen molar-refractivity contribution in [2.24, 2.45) is 13.0 Å². The van der Waals surface area contributed by atoms with E-state index in [0.29, 0.717) is 47.5 Å². The van der Waals surface area contributed by atoms with Crippen LogP contribution in [0.1, 0.15) is 47.3 Å². The maximum absolute atomic E-state index is 13.2. The molecule has 1 aromatic heterocycles. The Balaban J connectivity index is 1.27. The molecule has 11 heteroatoms. The van der Waals surface area contributed by atoms with Crippen molar-refractivity contribution in [2.45, 2.75) is 57.4 Å². The number of amides is 1. The number of rotatable bonds is 7. The van der Waals surface area contributed by atoms with Gasteiger partial charge in [-0.3, -0.25) is 14.5 Å². The lowest BCUT2D eigenvalue weighted by Gasteiger charge is -2.46. The van der Waals surface area contributed by atoms with Crippen LogP contribution < -0.4 is 25.1 Å². The molecule has 1 saturated carbocycles. The Morgan fingerprint density at radius 3 is 2.51 bits per heavy atom. The summed E-state index contributed by atoms with van der Waals surface area (Å²) in [4.78, 5) is 28.5. The fraction of sp³-hybridized carbons (Fsp3) is 0.571. The topological polar surface area (TPSA) is 91.3 Å². The maximum atomic E-state index is 13.2. The van der Waals surface area contributed by atoms with Gasteiger partial charge in [0.15, 0.2) is 11.5 Å². The Bertz CT molecular complexity index is 1300. The lowest BCUT2D eigenvalue weighted by Crippen LogP contribution is -2.57. The van der Waals surface area contributed by atoms with Crippen LogP contribution >= 0.6 is 23.2 Å². The predicted octanol–water partition coefficient (Wildman–Crippen LogP) is 3.97. The highest BCUT2D eigenvalue weighted by molar-refractivity contribution is 6.38. The summed E-state index contributed by atoms with van der Waals surface area (Å²) >= 11 is 13.2. The minimum atomic E-state index is -0.482. The van der Waals surface area contributed by atoms with Crippen molar-refractivity contribution >= 4 is 29.1 Å². The maximum Gasteiger partial charge on any atom is 0.259 e. The first-order valence-corrected chi connectivity index (χ1v) is 14.1. The monoisotopic (exact) mass is 579 g/mol. The van der Waals surface area contributed by atoms with Gasteiger partial charge in [0.2, 0.25) is 0 Å². The third-order valence-electron chi connectivity index (χ3n) is 8.40. The molecule has 2 aliphatic heterocycles. The lowest BCUT2D eigenvalue weighted by atomic mass is 9.81. The summed E-state index contributed by atoms with van der Waals surface area (Å²) < 4.78 is 24.7. The zero-order valence-corrected chi connectivity index (χ0v) is 24.2. The molecule has 0 spiro atoms. The second-order valence-electron chi connectivity index (χ2n) is 10.6. The number of ether oxygens (including phenoxy) is 4. The number of hydrogen-bond acceptors (Lipinski definition) is 7. The van der Waals surface area contributed by atoms with E-state index in [1.807, 2.05) is 6.92 Å². The Morgan fingerprint density at radius 2 is 1.85 bits per heavy atom. The normalized spacial score (nSPS) is 23.3. The number of nitrogens with one attached hydrogen (secondary N) is 1. The molecule has 0 unspecified atom stereocenters. The summed E-state index contributed by atoms with van der Waals surface area (Å²) in [6.45, 7) is 4.17. The second kappa shape index (κ2) is 11.6. The third-order valence-corrected chi connectivity index (χ3v) is 9.06. The van der Waals surface area contributed by atoms with Gasteiger partial charge in [0.1, 0.15) is 18.5 Å². The van der Waals surface area contributed by atoms with Crippen LogP contribution in [0.15, 0.2) is 16.9 Å². The van der Waals surface area contributed by atoms with Gasteiger partial charge in [0, 0.05) is 39.0 Å². The minimum absolute atomic E-state index is 0.0363. The molecule has 1 amide bonds. The van der Waals surface area contributed by atoms with Crippen LogP contribution in [0.5, 0.6) is 17.2 Å². The number of carbonyl (C=O) groups excluding carboxylic acids is 1. The molecule has 3 aliphatic rings. The van der Waals surface area contributed by atoms with Crippen molar-refractivity contribution in [3.8, 4) is 17.2 Å². The Morgan fingerprint density at radius 1 is 1.13 bits per heavy atom. The summed E-state index contributed by atoms with van der Waals surface area (Å²) in [5.41, 5.74) is 0.993. The van der Waals surface area contributed by atoms with E-state index >= 15 is 0 Å². The zero-order valence-electron chi connectivity index (χ0n) is 22.7. The summed E-state index contributed by atoms with van der Waals surface area (Å²) in [6.07, 6.45) is 4.45. The van der Waals surface area contributed by atoms with Crippen molar-refractivity contribution in [1.82, 2.24) is 14.8 Å². The number of nitrogens with zero attached hydrogens (tertiary/aromatic N) is 2. The first kappa shape index (κ1) is 28.1. The van der Waals surface area contributed by atoms with Gasteiger partial charge in [0.05, 0.1) is 40.9 Å². The van der Waals surface area contributed by atoms with Crippen molar-refractivity contribution in [2.75, 3.05) is 33.9 Å². The van der Waals surface area contributed by atoms with E-state index in [-0.39, 0.29) is 33.8 Å². The molecule has 1 atom stereocenters. The van der Waals surface area contributed by atoms with Gasteiger partial charge >= 0.3 is 0 Å². The Labute approximate surface area is 238 Å². The third kappa shape index (κ3) is 5.46. The Kier molecular flexibility index (Phi) is 8.33. The molecule has 1 aromatic carbocycles. The van der Waals surface area contributed by atoms with Crippen molar-refractivity contribution in [3.63, 3.8) is 0 Å². The number of methoxy groups -OCH3 is 2. The number of aryl methyl sites for hydroxylation is 1. The van der Waals surface area contributed by atoms with E-state index in [2.05, 4.69) is 10.2 Å². The standard InChI is InChI=1S/C28H35Cl2N3O6/c1-15-9-22(37-4)20(28(35)32(15)2)11-31-27(34)19-10-21(29)25-26(24(19)30)39-23(14-38-25)16-5-7-17(8-6-16)33-12-18(13-33)36-3/h9-10,16-18,23H,5-8,11-14H2,1-4H3,(H,31,34)/t16?,17?,23-/m1/s1. The van der Waals surface area contributed by atoms with Gasteiger partial charge in [-0.2, -0.15) is 0 Å².